The standard InChI is InChI=1S/C31H48N2O3S2/c1-28(2,3)21-13-19(14-22(25(21)34)29(4,5)6)37-17-32-27(36)33-18-38-20-15-23(30(7,8)9)26(35)24(16-20)31(10,11)12/h13-16,34-35H,17-18H2,1-12H3,(H2,32,33,36). The first-order chi connectivity index (χ1) is 17.1. The summed E-state index contributed by atoms with van der Waals surface area (Å²) in [5, 5.41) is 27.7. The molecule has 2 aromatic carbocycles. The Bertz CT molecular complexity index is 988. The number of aromatic hydroxyl groups is 2. The summed E-state index contributed by atoms with van der Waals surface area (Å²) in [5.74, 6) is 1.54. The second-order valence-electron chi connectivity index (χ2n) is 14.0. The molecule has 0 aromatic heterocycles. The Kier molecular flexibility index (Phi) is 9.86. The molecule has 4 N–H and O–H groups in total. The number of carbonyl (C=O) groups excluding carboxylic acids is 1. The van der Waals surface area contributed by atoms with Gasteiger partial charge >= 0.3 is 6.03 Å². The van der Waals surface area contributed by atoms with E-state index >= 15 is 0 Å². The maximum atomic E-state index is 12.5. The molecule has 38 heavy (non-hydrogen) atoms. The van der Waals surface area contributed by atoms with Crippen LogP contribution in [0.15, 0.2) is 34.1 Å². The molecule has 0 radical (unpaired) electrons. The second kappa shape index (κ2) is 11.6. The molecule has 0 aliphatic heterocycles. The molecule has 0 saturated heterocycles. The van der Waals surface area contributed by atoms with Gasteiger partial charge in [0.1, 0.15) is 11.5 Å². The van der Waals surface area contributed by atoms with E-state index in [1.54, 1.807) is 23.5 Å². The Hall–Kier alpha value is -1.99. The van der Waals surface area contributed by atoms with Gasteiger partial charge in [0.2, 0.25) is 0 Å². The summed E-state index contributed by atoms with van der Waals surface area (Å²) in [4.78, 5) is 14.5. The first kappa shape index (κ1) is 32.2. The lowest BCUT2D eigenvalue weighted by Crippen LogP contribution is -2.34. The van der Waals surface area contributed by atoms with Crippen molar-refractivity contribution in [1.82, 2.24) is 10.6 Å². The number of thioether (sulfide) groups is 2. The van der Waals surface area contributed by atoms with Gasteiger partial charge in [-0.2, -0.15) is 0 Å². The molecule has 212 valence electrons. The van der Waals surface area contributed by atoms with Crippen LogP contribution in [-0.4, -0.2) is 28.0 Å². The van der Waals surface area contributed by atoms with Gasteiger partial charge in [-0.25, -0.2) is 4.79 Å². The first-order valence-corrected chi connectivity index (χ1v) is 15.1. The van der Waals surface area contributed by atoms with Crippen molar-refractivity contribution in [3.05, 3.63) is 46.5 Å². The number of amides is 2. The van der Waals surface area contributed by atoms with Crippen molar-refractivity contribution in [2.24, 2.45) is 0 Å². The summed E-state index contributed by atoms with van der Waals surface area (Å²) in [7, 11) is 0. The van der Waals surface area contributed by atoms with Gasteiger partial charge < -0.3 is 20.8 Å². The maximum absolute atomic E-state index is 12.5. The third-order valence-electron chi connectivity index (χ3n) is 6.34. The Morgan fingerprint density at radius 3 is 1.03 bits per heavy atom. The minimum atomic E-state index is -0.235. The van der Waals surface area contributed by atoms with Gasteiger partial charge in [0.05, 0.1) is 11.8 Å². The molecule has 0 aliphatic carbocycles. The van der Waals surface area contributed by atoms with Crippen LogP contribution in [-0.2, 0) is 21.7 Å². The molecule has 0 saturated carbocycles. The predicted molar refractivity (Wildman–Crippen MR) is 164 cm³/mol. The highest BCUT2D eigenvalue weighted by Crippen LogP contribution is 2.43. The van der Waals surface area contributed by atoms with E-state index < -0.39 is 0 Å². The van der Waals surface area contributed by atoms with E-state index in [-0.39, 0.29) is 27.7 Å². The van der Waals surface area contributed by atoms with Crippen LogP contribution in [0.5, 0.6) is 11.5 Å². The zero-order valence-electron chi connectivity index (χ0n) is 25.3. The topological polar surface area (TPSA) is 81.6 Å². The summed E-state index contributed by atoms with van der Waals surface area (Å²) in [6.45, 7) is 25.1. The van der Waals surface area contributed by atoms with Crippen LogP contribution in [0.1, 0.15) is 105 Å². The minimum Gasteiger partial charge on any atom is -0.507 e. The lowest BCUT2D eigenvalue weighted by atomic mass is 9.79. The van der Waals surface area contributed by atoms with Crippen LogP contribution in [0.2, 0.25) is 0 Å². The molecule has 2 aromatic rings. The fourth-order valence-corrected chi connectivity index (χ4v) is 5.65. The molecular weight excluding hydrogens is 512 g/mol. The molecule has 0 unspecified atom stereocenters. The van der Waals surface area contributed by atoms with Crippen LogP contribution >= 0.6 is 23.5 Å². The molecule has 5 nitrogen and oxygen atoms in total. The maximum Gasteiger partial charge on any atom is 0.316 e. The molecular formula is C31H48N2O3S2. The second-order valence-corrected chi connectivity index (χ2v) is 16.1. The van der Waals surface area contributed by atoms with Crippen molar-refractivity contribution in [2.45, 2.75) is 115 Å². The number of rotatable bonds is 6. The lowest BCUT2D eigenvalue weighted by molar-refractivity contribution is 0.244. The van der Waals surface area contributed by atoms with E-state index in [0.29, 0.717) is 23.3 Å². The molecule has 0 heterocycles. The van der Waals surface area contributed by atoms with E-state index in [9.17, 15) is 15.0 Å². The molecule has 0 aliphatic rings. The Morgan fingerprint density at radius 2 is 0.816 bits per heavy atom. The molecule has 0 atom stereocenters. The quantitative estimate of drug-likeness (QED) is 0.211. The zero-order chi connectivity index (χ0) is 29.3. The normalized spacial score (nSPS) is 12.9. The number of hydrogen-bond acceptors (Lipinski definition) is 5. The van der Waals surface area contributed by atoms with Crippen molar-refractivity contribution < 1.29 is 15.0 Å². The predicted octanol–water partition coefficient (Wildman–Crippen LogP) is 8.39. The smallest absolute Gasteiger partial charge is 0.316 e. The average molecular weight is 561 g/mol. The highest BCUT2D eigenvalue weighted by Gasteiger charge is 2.28. The summed E-state index contributed by atoms with van der Waals surface area (Å²) in [5.41, 5.74) is 2.84. The highest BCUT2D eigenvalue weighted by molar-refractivity contribution is 7.99. The number of urea groups is 1. The number of benzene rings is 2. The van der Waals surface area contributed by atoms with Crippen LogP contribution in [0, 0.1) is 0 Å². The summed E-state index contributed by atoms with van der Waals surface area (Å²) < 4.78 is 0. The van der Waals surface area contributed by atoms with Gasteiger partial charge in [-0.3, -0.25) is 0 Å². The van der Waals surface area contributed by atoms with Crippen molar-refractivity contribution in [3.8, 4) is 11.5 Å². The number of phenols is 2. The van der Waals surface area contributed by atoms with Gasteiger partial charge in [0.25, 0.3) is 0 Å². The van der Waals surface area contributed by atoms with Gasteiger partial charge in [-0.1, -0.05) is 83.1 Å². The number of nitrogens with one attached hydrogen (secondary N) is 2. The summed E-state index contributed by atoms with van der Waals surface area (Å²) in [6.07, 6.45) is 0. The van der Waals surface area contributed by atoms with Gasteiger partial charge in [0, 0.05) is 32.0 Å². The molecule has 0 spiro atoms. The molecule has 2 amide bonds. The lowest BCUT2D eigenvalue weighted by Gasteiger charge is -2.28. The third-order valence-corrected chi connectivity index (χ3v) is 8.06. The number of phenolic OH excluding ortho intramolecular Hbond substituents is 2. The average Bonchev–Trinajstić information content (AvgIpc) is 2.72. The Morgan fingerprint density at radius 1 is 0.579 bits per heavy atom. The fraction of sp³-hybridized carbons (Fsp3) is 0.581. The first-order valence-electron chi connectivity index (χ1n) is 13.2. The largest absolute Gasteiger partial charge is 0.507 e. The summed E-state index contributed by atoms with van der Waals surface area (Å²) >= 11 is 3.08. The van der Waals surface area contributed by atoms with E-state index in [1.165, 1.54) is 0 Å². The van der Waals surface area contributed by atoms with Crippen molar-refractivity contribution in [2.75, 3.05) is 11.8 Å². The van der Waals surface area contributed by atoms with Crippen LogP contribution in [0.4, 0.5) is 4.79 Å². The minimum absolute atomic E-state index is 0.198. The van der Waals surface area contributed by atoms with Crippen molar-refractivity contribution in [1.29, 1.82) is 0 Å². The van der Waals surface area contributed by atoms with Crippen LogP contribution < -0.4 is 10.6 Å². The fourth-order valence-electron chi connectivity index (χ4n) is 4.10. The molecule has 0 bridgehead atoms. The monoisotopic (exact) mass is 560 g/mol. The molecule has 2 rings (SSSR count). The summed E-state index contributed by atoms with van der Waals surface area (Å²) in [6, 6.07) is 7.86. The van der Waals surface area contributed by atoms with Crippen LogP contribution in [0.25, 0.3) is 0 Å². The van der Waals surface area contributed by atoms with E-state index in [2.05, 4.69) is 93.7 Å². The van der Waals surface area contributed by atoms with Crippen LogP contribution in [0.3, 0.4) is 0 Å². The molecule has 0 fully saturated rings. The molecule has 7 heteroatoms. The van der Waals surface area contributed by atoms with Crippen molar-refractivity contribution >= 4 is 29.6 Å². The number of carbonyl (C=O) groups is 1. The third kappa shape index (κ3) is 8.51. The van der Waals surface area contributed by atoms with E-state index in [1.807, 2.05) is 24.3 Å². The zero-order valence-corrected chi connectivity index (χ0v) is 27.0. The van der Waals surface area contributed by atoms with Gasteiger partial charge in [-0.05, 0) is 45.9 Å². The van der Waals surface area contributed by atoms with Gasteiger partial charge in [0.15, 0.2) is 0 Å². The van der Waals surface area contributed by atoms with E-state index in [4.69, 9.17) is 0 Å². The van der Waals surface area contributed by atoms with Crippen molar-refractivity contribution in [3.63, 3.8) is 0 Å². The highest BCUT2D eigenvalue weighted by atomic mass is 32.2. The Labute approximate surface area is 239 Å². The van der Waals surface area contributed by atoms with E-state index in [0.717, 1.165) is 32.0 Å². The SMILES string of the molecule is CC(C)(C)c1cc(SCNC(=O)NCSc2cc(C(C)(C)C)c(O)c(C(C)(C)C)c2)cc(C(C)(C)C)c1O. The number of hydrogen-bond donors (Lipinski definition) is 4. The van der Waals surface area contributed by atoms with Gasteiger partial charge in [-0.15, -0.1) is 23.5 Å². The Balaban J connectivity index is 2.05.